The molecule has 3 heteroatoms. The van der Waals surface area contributed by atoms with Crippen LogP contribution in [-0.2, 0) is 12.5 Å². The van der Waals surface area contributed by atoms with Crippen molar-refractivity contribution in [1.29, 1.82) is 0 Å². The lowest BCUT2D eigenvalue weighted by Gasteiger charge is -2.34. The summed E-state index contributed by atoms with van der Waals surface area (Å²) < 4.78 is 8.91. The highest BCUT2D eigenvalue weighted by molar-refractivity contribution is 6.10. The van der Waals surface area contributed by atoms with Gasteiger partial charge in [-0.2, -0.15) is 0 Å². The molecule has 1 aliphatic carbocycles. The fourth-order valence-corrected chi connectivity index (χ4v) is 6.91. The number of fused-ring (bicyclic) bond motifs is 6. The van der Waals surface area contributed by atoms with Crippen LogP contribution in [0.1, 0.15) is 62.9 Å². The largest absolute Gasteiger partial charge is 0.437 e. The number of nitrogens with zero attached hydrogens (tertiary/aromatic N) is 2. The van der Waals surface area contributed by atoms with Crippen LogP contribution in [0.5, 0.6) is 0 Å². The van der Waals surface area contributed by atoms with E-state index in [2.05, 4.69) is 114 Å². The molecule has 0 saturated heterocycles. The fraction of sp³-hybridized carbons (Fsp3) is 0.353. The maximum absolute atomic E-state index is 6.71. The van der Waals surface area contributed by atoms with Crippen LogP contribution in [0.25, 0.3) is 44.5 Å². The van der Waals surface area contributed by atoms with Crippen molar-refractivity contribution in [3.05, 3.63) is 83.2 Å². The van der Waals surface area contributed by atoms with Crippen LogP contribution in [0.15, 0.2) is 65.2 Å². The summed E-state index contributed by atoms with van der Waals surface area (Å²) >= 11 is 0. The summed E-state index contributed by atoms with van der Waals surface area (Å²) in [7, 11) is 2.11. The highest BCUT2D eigenvalue weighted by Crippen LogP contribution is 2.55. The van der Waals surface area contributed by atoms with Crippen molar-refractivity contribution in [3.8, 4) is 22.4 Å². The summed E-state index contributed by atoms with van der Waals surface area (Å²) in [5.74, 6) is 1.11. The topological polar surface area (TPSA) is 29.9 Å². The van der Waals surface area contributed by atoms with Gasteiger partial charge in [-0.15, -0.1) is 0 Å². The Morgan fingerprint density at radius 3 is 2.30 bits per heavy atom. The molecule has 6 rings (SSSR count). The molecule has 0 radical (unpaired) electrons. The molecule has 1 aliphatic rings. The van der Waals surface area contributed by atoms with E-state index in [9.17, 15) is 0 Å². The Hall–Kier alpha value is -3.46. The number of hydrogen-bond donors (Lipinski definition) is 0. The highest BCUT2D eigenvalue weighted by Gasteiger charge is 2.45. The molecule has 0 atom stereocenters. The number of aromatic nitrogens is 2. The molecule has 0 N–H and O–H groups in total. The van der Waals surface area contributed by atoms with E-state index in [1.807, 2.05) is 0 Å². The van der Waals surface area contributed by atoms with E-state index >= 15 is 0 Å². The first kappa shape index (κ1) is 23.9. The second-order valence-electron chi connectivity index (χ2n) is 12.0. The molecular formula is C34H37N2O+. The second-order valence-corrected chi connectivity index (χ2v) is 12.0. The monoisotopic (exact) mass is 489 g/mol. The number of aryl methyl sites for hydroxylation is 3. The average Bonchev–Trinajstić information content (AvgIpc) is 3.31. The van der Waals surface area contributed by atoms with E-state index in [-0.39, 0.29) is 5.41 Å². The van der Waals surface area contributed by atoms with Gasteiger partial charge in [-0.3, -0.25) is 0 Å². The van der Waals surface area contributed by atoms with E-state index in [0.29, 0.717) is 11.8 Å². The van der Waals surface area contributed by atoms with Gasteiger partial charge in [-0.25, -0.2) is 9.55 Å². The van der Waals surface area contributed by atoms with Crippen molar-refractivity contribution in [3.63, 3.8) is 0 Å². The molecule has 0 unspecified atom stereocenters. The normalized spacial score (nSPS) is 14.2. The summed E-state index contributed by atoms with van der Waals surface area (Å²) in [6, 6.07) is 20.1. The van der Waals surface area contributed by atoms with Crippen molar-refractivity contribution < 1.29 is 8.98 Å². The van der Waals surface area contributed by atoms with E-state index < -0.39 is 0 Å². The Labute approximate surface area is 220 Å². The number of hydrogen-bond acceptors (Lipinski definition) is 2. The van der Waals surface area contributed by atoms with E-state index in [0.717, 1.165) is 46.2 Å². The van der Waals surface area contributed by atoms with Gasteiger partial charge >= 0.3 is 0 Å². The average molecular weight is 490 g/mol. The summed E-state index contributed by atoms with van der Waals surface area (Å²) in [4.78, 5) is 5.39. The van der Waals surface area contributed by atoms with Crippen molar-refractivity contribution in [2.45, 2.75) is 59.8 Å². The molecule has 0 bridgehead atoms. The zero-order valence-corrected chi connectivity index (χ0v) is 23.1. The van der Waals surface area contributed by atoms with Gasteiger partial charge < -0.3 is 4.42 Å². The first-order valence-corrected chi connectivity index (χ1v) is 13.6. The molecular weight excluding hydrogens is 452 g/mol. The molecule has 0 fully saturated rings. The maximum Gasteiger partial charge on any atom is 0.227 e. The summed E-state index contributed by atoms with van der Waals surface area (Å²) in [6.45, 7) is 13.6. The van der Waals surface area contributed by atoms with Gasteiger partial charge in [0.2, 0.25) is 11.4 Å². The second kappa shape index (κ2) is 8.55. The first-order chi connectivity index (χ1) is 17.7. The molecule has 3 heterocycles. The summed E-state index contributed by atoms with van der Waals surface area (Å²) in [6.07, 6.45) is 4.33. The van der Waals surface area contributed by atoms with Crippen molar-refractivity contribution in [2.24, 2.45) is 18.9 Å². The summed E-state index contributed by atoms with van der Waals surface area (Å²) in [5, 5.41) is 2.23. The minimum Gasteiger partial charge on any atom is -0.437 e. The van der Waals surface area contributed by atoms with Crippen LogP contribution in [0, 0.1) is 25.7 Å². The number of rotatable bonds is 5. The van der Waals surface area contributed by atoms with Gasteiger partial charge in [-0.1, -0.05) is 64.1 Å². The lowest BCUT2D eigenvalue weighted by Crippen LogP contribution is -2.31. The number of pyridine rings is 2. The number of furan rings is 1. The Balaban J connectivity index is 1.67. The van der Waals surface area contributed by atoms with Crippen LogP contribution in [0.2, 0.25) is 0 Å². The Morgan fingerprint density at radius 2 is 1.59 bits per heavy atom. The Bertz CT molecular complexity index is 1660. The molecule has 0 amide bonds. The van der Waals surface area contributed by atoms with Gasteiger partial charge in [0.05, 0.1) is 11.3 Å². The zero-order valence-electron chi connectivity index (χ0n) is 23.1. The lowest BCUT2D eigenvalue weighted by molar-refractivity contribution is -0.660. The third-order valence-electron chi connectivity index (χ3n) is 8.08. The van der Waals surface area contributed by atoms with Crippen LogP contribution in [-0.4, -0.2) is 4.98 Å². The van der Waals surface area contributed by atoms with Gasteiger partial charge in [0.1, 0.15) is 7.05 Å². The molecule has 0 saturated carbocycles. The van der Waals surface area contributed by atoms with Gasteiger partial charge in [0, 0.05) is 33.4 Å². The smallest absolute Gasteiger partial charge is 0.227 e. The highest BCUT2D eigenvalue weighted by atomic mass is 16.3. The molecule has 0 aliphatic heterocycles. The standard InChI is InChI=1S/C34H37N2O/c1-20(2)17-34(18-21(3)4)28-11-9-8-10-24(28)26-16-27-25-14-13-23(6)30(29-15-12-22(5)19-36(29)7)31(25)37-33(27)35-32(26)34/h8-16,19-21H,17-18H2,1-7H3/q+1. The van der Waals surface area contributed by atoms with E-state index in [4.69, 9.17) is 9.40 Å². The quantitative estimate of drug-likeness (QED) is 0.232. The minimum atomic E-state index is -0.0937. The van der Waals surface area contributed by atoms with Crippen LogP contribution in [0.4, 0.5) is 0 Å². The van der Waals surface area contributed by atoms with Crippen molar-refractivity contribution >= 4 is 22.1 Å². The van der Waals surface area contributed by atoms with Gasteiger partial charge in [0.15, 0.2) is 11.8 Å². The fourth-order valence-electron chi connectivity index (χ4n) is 6.91. The summed E-state index contributed by atoms with van der Waals surface area (Å²) in [5.41, 5.74) is 11.6. The molecule has 5 aromatic rings. The maximum atomic E-state index is 6.71. The molecule has 188 valence electrons. The predicted octanol–water partition coefficient (Wildman–Crippen LogP) is 8.45. The van der Waals surface area contributed by atoms with Crippen molar-refractivity contribution in [2.75, 3.05) is 0 Å². The van der Waals surface area contributed by atoms with Crippen molar-refractivity contribution in [1.82, 2.24) is 4.98 Å². The van der Waals surface area contributed by atoms with Crippen LogP contribution in [0.3, 0.4) is 0 Å². The molecule has 2 aromatic carbocycles. The van der Waals surface area contributed by atoms with Gasteiger partial charge in [-0.05, 0) is 67.3 Å². The number of benzene rings is 2. The Morgan fingerprint density at radius 1 is 0.865 bits per heavy atom. The molecule has 3 nitrogen and oxygen atoms in total. The lowest BCUT2D eigenvalue weighted by atomic mass is 9.69. The predicted molar refractivity (Wildman–Crippen MR) is 153 cm³/mol. The van der Waals surface area contributed by atoms with E-state index in [1.165, 1.54) is 33.5 Å². The minimum absolute atomic E-state index is 0.0937. The Kier molecular flexibility index (Phi) is 5.52. The van der Waals surface area contributed by atoms with E-state index in [1.54, 1.807) is 0 Å². The van der Waals surface area contributed by atoms with Gasteiger partial charge in [0.25, 0.3) is 0 Å². The first-order valence-electron chi connectivity index (χ1n) is 13.6. The molecule has 0 spiro atoms. The third kappa shape index (κ3) is 3.62. The van der Waals surface area contributed by atoms with Crippen LogP contribution >= 0.6 is 0 Å². The molecule has 3 aromatic heterocycles. The van der Waals surface area contributed by atoms with Crippen LogP contribution < -0.4 is 4.57 Å². The third-order valence-corrected chi connectivity index (χ3v) is 8.08. The SMILES string of the molecule is Cc1ccc(-c2c(C)ccc3c2oc2nc4c(cc23)-c2ccccc2C4(CC(C)C)CC(C)C)[n+](C)c1. The molecule has 37 heavy (non-hydrogen) atoms. The zero-order chi connectivity index (χ0) is 26.1.